The Hall–Kier alpha value is -2.90. The van der Waals surface area contributed by atoms with Gasteiger partial charge in [-0.25, -0.2) is 9.67 Å². The van der Waals surface area contributed by atoms with Crippen LogP contribution in [0.5, 0.6) is 0 Å². The van der Waals surface area contributed by atoms with Crippen LogP contribution >= 0.6 is 22.9 Å². The van der Waals surface area contributed by atoms with Gasteiger partial charge in [0.1, 0.15) is 5.52 Å². The summed E-state index contributed by atoms with van der Waals surface area (Å²) in [4.78, 5) is 22.0. The maximum atomic E-state index is 13.1. The first-order valence-electron chi connectivity index (χ1n) is 9.81. The summed E-state index contributed by atoms with van der Waals surface area (Å²) in [5.74, 6) is 0.0293. The Bertz CT molecular complexity index is 1210. The van der Waals surface area contributed by atoms with Gasteiger partial charge in [0.25, 0.3) is 5.91 Å². The fraction of sp³-hybridized carbons (Fsp3) is 0.227. The molecule has 1 aliphatic rings. The number of carbonyl (C=O) groups is 1. The van der Waals surface area contributed by atoms with Gasteiger partial charge >= 0.3 is 0 Å². The van der Waals surface area contributed by atoms with Crippen molar-refractivity contribution in [1.29, 1.82) is 0 Å². The summed E-state index contributed by atoms with van der Waals surface area (Å²) in [5, 5.41) is 6.07. The third kappa shape index (κ3) is 3.34. The van der Waals surface area contributed by atoms with Crippen molar-refractivity contribution in [3.05, 3.63) is 71.0 Å². The van der Waals surface area contributed by atoms with Gasteiger partial charge in [0, 0.05) is 26.2 Å². The molecule has 8 heteroatoms. The Morgan fingerprint density at radius 1 is 1.03 bits per heavy atom. The number of amides is 1. The van der Waals surface area contributed by atoms with Crippen molar-refractivity contribution in [3.63, 3.8) is 0 Å². The van der Waals surface area contributed by atoms with Crippen molar-refractivity contribution in [1.82, 2.24) is 19.7 Å². The van der Waals surface area contributed by atoms with E-state index in [2.05, 4.69) is 10.00 Å². The van der Waals surface area contributed by atoms with Gasteiger partial charge in [-0.2, -0.15) is 5.10 Å². The van der Waals surface area contributed by atoms with E-state index in [1.54, 1.807) is 17.5 Å². The quantitative estimate of drug-likeness (QED) is 0.476. The number of halogens is 1. The molecule has 4 aromatic rings. The molecule has 0 unspecified atom stereocenters. The molecule has 0 spiro atoms. The standard InChI is InChI=1S/C22H20ClN5OS/c1-15-17(14-24-28(15)16-6-3-2-4-7-16)21(29)26-10-12-27(13-11-26)22-25-20-18(23)8-5-9-19(20)30-22/h2-9,14H,10-13H2,1H3. The van der Waals surface area contributed by atoms with Gasteiger partial charge in [0.05, 0.1) is 32.9 Å². The summed E-state index contributed by atoms with van der Waals surface area (Å²) in [6.07, 6.45) is 1.67. The fourth-order valence-corrected chi connectivity index (χ4v) is 5.08. The molecule has 5 rings (SSSR count). The molecule has 0 radical (unpaired) electrons. The van der Waals surface area contributed by atoms with E-state index >= 15 is 0 Å². The van der Waals surface area contributed by atoms with E-state index in [1.807, 2.05) is 65.0 Å². The normalized spacial score (nSPS) is 14.5. The molecule has 0 saturated carbocycles. The Morgan fingerprint density at radius 2 is 1.80 bits per heavy atom. The highest BCUT2D eigenvalue weighted by molar-refractivity contribution is 7.22. The molecule has 1 aliphatic heterocycles. The number of aromatic nitrogens is 3. The topological polar surface area (TPSA) is 54.3 Å². The third-order valence-corrected chi connectivity index (χ3v) is 6.82. The van der Waals surface area contributed by atoms with Crippen LogP contribution in [0.2, 0.25) is 5.02 Å². The predicted octanol–water partition coefficient (Wildman–Crippen LogP) is 4.41. The summed E-state index contributed by atoms with van der Waals surface area (Å²) < 4.78 is 2.90. The lowest BCUT2D eigenvalue weighted by Crippen LogP contribution is -2.48. The van der Waals surface area contributed by atoms with E-state index in [0.717, 1.165) is 39.8 Å². The second-order valence-electron chi connectivity index (χ2n) is 7.25. The average molecular weight is 438 g/mol. The number of benzene rings is 2. The van der Waals surface area contributed by atoms with Crippen molar-refractivity contribution in [2.24, 2.45) is 0 Å². The van der Waals surface area contributed by atoms with Gasteiger partial charge in [-0.05, 0) is 31.2 Å². The fourth-order valence-electron chi connectivity index (χ4n) is 3.76. The predicted molar refractivity (Wildman–Crippen MR) is 121 cm³/mol. The van der Waals surface area contributed by atoms with Crippen molar-refractivity contribution in [3.8, 4) is 5.69 Å². The van der Waals surface area contributed by atoms with E-state index in [0.29, 0.717) is 23.7 Å². The number of fused-ring (bicyclic) bond motifs is 1. The van der Waals surface area contributed by atoms with Crippen LogP contribution in [0.25, 0.3) is 15.9 Å². The molecule has 1 amide bonds. The molecule has 0 atom stereocenters. The number of hydrogen-bond donors (Lipinski definition) is 0. The minimum Gasteiger partial charge on any atom is -0.345 e. The molecule has 30 heavy (non-hydrogen) atoms. The van der Waals surface area contributed by atoms with Gasteiger partial charge in [-0.3, -0.25) is 4.79 Å². The number of thiazole rings is 1. The number of carbonyl (C=O) groups excluding carboxylic acids is 1. The number of hydrogen-bond acceptors (Lipinski definition) is 5. The highest BCUT2D eigenvalue weighted by Gasteiger charge is 2.26. The SMILES string of the molecule is Cc1c(C(=O)N2CCN(c3nc4c(Cl)cccc4s3)CC2)cnn1-c1ccccc1. The summed E-state index contributed by atoms with van der Waals surface area (Å²) in [6.45, 7) is 4.73. The molecule has 0 aliphatic carbocycles. The number of rotatable bonds is 3. The largest absolute Gasteiger partial charge is 0.345 e. The van der Waals surface area contributed by atoms with Crippen molar-refractivity contribution in [2.45, 2.75) is 6.92 Å². The number of nitrogens with zero attached hydrogens (tertiary/aromatic N) is 5. The van der Waals surface area contributed by atoms with E-state index in [1.165, 1.54) is 0 Å². The first-order chi connectivity index (χ1) is 14.6. The van der Waals surface area contributed by atoms with Crippen LogP contribution in [0, 0.1) is 6.92 Å². The Labute approximate surface area is 183 Å². The monoisotopic (exact) mass is 437 g/mol. The lowest BCUT2D eigenvalue weighted by Gasteiger charge is -2.34. The first kappa shape index (κ1) is 19.1. The van der Waals surface area contributed by atoms with Gasteiger partial charge in [-0.15, -0.1) is 0 Å². The zero-order valence-corrected chi connectivity index (χ0v) is 18.0. The summed E-state index contributed by atoms with van der Waals surface area (Å²) in [6, 6.07) is 15.7. The maximum absolute atomic E-state index is 13.1. The Kier molecular flexibility index (Phi) is 4.92. The number of piperazine rings is 1. The first-order valence-corrected chi connectivity index (χ1v) is 11.0. The van der Waals surface area contributed by atoms with Crippen LogP contribution in [0.3, 0.4) is 0 Å². The molecule has 2 aromatic carbocycles. The van der Waals surface area contributed by atoms with E-state index in [9.17, 15) is 4.79 Å². The van der Waals surface area contributed by atoms with Crippen LogP contribution in [0.15, 0.2) is 54.7 Å². The smallest absolute Gasteiger partial charge is 0.257 e. The average Bonchev–Trinajstić information content (AvgIpc) is 3.39. The lowest BCUT2D eigenvalue weighted by molar-refractivity contribution is 0.0746. The highest BCUT2D eigenvalue weighted by Crippen LogP contribution is 2.33. The molecule has 152 valence electrons. The number of anilines is 1. The third-order valence-electron chi connectivity index (χ3n) is 5.44. The van der Waals surface area contributed by atoms with E-state index < -0.39 is 0 Å². The van der Waals surface area contributed by atoms with E-state index in [4.69, 9.17) is 16.6 Å². The molecule has 0 N–H and O–H groups in total. The van der Waals surface area contributed by atoms with E-state index in [-0.39, 0.29) is 5.91 Å². The Morgan fingerprint density at radius 3 is 2.53 bits per heavy atom. The maximum Gasteiger partial charge on any atom is 0.257 e. The summed E-state index contributed by atoms with van der Waals surface area (Å²) in [5.41, 5.74) is 3.31. The van der Waals surface area contributed by atoms with Crippen molar-refractivity contribution in [2.75, 3.05) is 31.1 Å². The zero-order valence-electron chi connectivity index (χ0n) is 16.5. The van der Waals surface area contributed by atoms with Crippen LogP contribution < -0.4 is 4.90 Å². The molecule has 2 aromatic heterocycles. The minimum atomic E-state index is 0.0293. The van der Waals surface area contributed by atoms with Crippen LogP contribution in [0.1, 0.15) is 16.1 Å². The molecular formula is C22H20ClN5OS. The Balaban J connectivity index is 1.30. The second kappa shape index (κ2) is 7.74. The van der Waals surface area contributed by atoms with Crippen molar-refractivity contribution >= 4 is 44.2 Å². The van der Waals surface area contributed by atoms with Crippen LogP contribution in [-0.4, -0.2) is 51.8 Å². The molecule has 0 bridgehead atoms. The minimum absolute atomic E-state index is 0.0293. The van der Waals surface area contributed by atoms with Crippen molar-refractivity contribution < 1.29 is 4.79 Å². The molecule has 1 saturated heterocycles. The summed E-state index contributed by atoms with van der Waals surface area (Å²) >= 11 is 7.91. The zero-order chi connectivity index (χ0) is 20.7. The lowest BCUT2D eigenvalue weighted by atomic mass is 10.2. The van der Waals surface area contributed by atoms with Gasteiger partial charge in [-0.1, -0.05) is 47.2 Å². The molecule has 6 nitrogen and oxygen atoms in total. The molecule has 3 heterocycles. The second-order valence-corrected chi connectivity index (χ2v) is 8.67. The number of para-hydroxylation sites is 2. The molecule has 1 fully saturated rings. The van der Waals surface area contributed by atoms with Crippen LogP contribution in [-0.2, 0) is 0 Å². The summed E-state index contributed by atoms with van der Waals surface area (Å²) in [7, 11) is 0. The van der Waals surface area contributed by atoms with Crippen LogP contribution in [0.4, 0.5) is 5.13 Å². The molecular weight excluding hydrogens is 418 g/mol. The highest BCUT2D eigenvalue weighted by atomic mass is 35.5. The van der Waals surface area contributed by atoms with Gasteiger partial charge in [0.15, 0.2) is 5.13 Å². The van der Waals surface area contributed by atoms with Gasteiger partial charge in [0.2, 0.25) is 0 Å². The van der Waals surface area contributed by atoms with Gasteiger partial charge < -0.3 is 9.80 Å².